The monoisotopic (exact) mass is 237 g/mol. The lowest BCUT2D eigenvalue weighted by Crippen LogP contribution is -2.44. The number of benzene rings is 1. The van der Waals surface area contributed by atoms with E-state index in [-0.39, 0.29) is 11.0 Å². The summed E-state index contributed by atoms with van der Waals surface area (Å²) in [6.45, 7) is 2.09. The largest absolute Gasteiger partial charge is 0.375 e. The summed E-state index contributed by atoms with van der Waals surface area (Å²) in [5, 5.41) is 0.0506. The maximum absolute atomic E-state index is 11.4. The van der Waals surface area contributed by atoms with Crippen LogP contribution in [-0.4, -0.2) is 11.0 Å². The van der Waals surface area contributed by atoms with Gasteiger partial charge in [0.05, 0.1) is 6.42 Å². The van der Waals surface area contributed by atoms with Crippen molar-refractivity contribution in [3.8, 4) is 0 Å². The number of thiocarbonyl (C=S) groups is 1. The number of rotatable bonds is 3. The fraction of sp³-hybridized carbons (Fsp3) is 0.273. The number of nitrogens with one attached hydrogen (secondary N) is 2. The molecule has 16 heavy (non-hydrogen) atoms. The molecule has 1 rings (SSSR count). The van der Waals surface area contributed by atoms with Gasteiger partial charge in [0, 0.05) is 0 Å². The Labute approximate surface area is 100 Å². The van der Waals surface area contributed by atoms with Crippen LogP contribution in [-0.2, 0) is 17.6 Å². The van der Waals surface area contributed by atoms with Gasteiger partial charge in [0.25, 0.3) is 0 Å². The highest BCUT2D eigenvalue weighted by molar-refractivity contribution is 7.80. The Morgan fingerprint density at radius 1 is 1.25 bits per heavy atom. The van der Waals surface area contributed by atoms with E-state index in [0.29, 0.717) is 6.42 Å². The zero-order valence-corrected chi connectivity index (χ0v) is 9.93. The molecular formula is C11H15N3OS. The van der Waals surface area contributed by atoms with Gasteiger partial charge in [-0.3, -0.25) is 15.6 Å². The van der Waals surface area contributed by atoms with Crippen LogP contribution in [0.15, 0.2) is 24.3 Å². The fourth-order valence-corrected chi connectivity index (χ4v) is 1.30. The second-order valence-corrected chi connectivity index (χ2v) is 3.82. The number of amides is 1. The van der Waals surface area contributed by atoms with Crippen molar-refractivity contribution in [2.75, 3.05) is 0 Å². The summed E-state index contributed by atoms with van der Waals surface area (Å²) in [4.78, 5) is 11.4. The first kappa shape index (κ1) is 12.4. The van der Waals surface area contributed by atoms with Crippen molar-refractivity contribution in [3.63, 3.8) is 0 Å². The van der Waals surface area contributed by atoms with Crippen LogP contribution in [0.4, 0.5) is 0 Å². The molecule has 0 atom stereocenters. The van der Waals surface area contributed by atoms with Gasteiger partial charge in [-0.15, -0.1) is 0 Å². The molecule has 0 aliphatic rings. The molecule has 0 heterocycles. The molecule has 4 N–H and O–H groups in total. The molecule has 0 bridgehead atoms. The summed E-state index contributed by atoms with van der Waals surface area (Å²) < 4.78 is 0. The van der Waals surface area contributed by atoms with E-state index in [4.69, 9.17) is 5.73 Å². The van der Waals surface area contributed by atoms with E-state index in [1.54, 1.807) is 0 Å². The predicted molar refractivity (Wildman–Crippen MR) is 67.6 cm³/mol. The molecule has 0 unspecified atom stereocenters. The molecule has 0 fully saturated rings. The van der Waals surface area contributed by atoms with Gasteiger partial charge in [0.1, 0.15) is 0 Å². The Hall–Kier alpha value is -1.62. The summed E-state index contributed by atoms with van der Waals surface area (Å²) in [5.41, 5.74) is 12.2. The van der Waals surface area contributed by atoms with Gasteiger partial charge in [0.2, 0.25) is 5.91 Å². The van der Waals surface area contributed by atoms with Crippen molar-refractivity contribution in [2.45, 2.75) is 19.8 Å². The Balaban J connectivity index is 2.46. The van der Waals surface area contributed by atoms with Crippen LogP contribution < -0.4 is 16.6 Å². The molecule has 0 aromatic heterocycles. The highest BCUT2D eigenvalue weighted by Crippen LogP contribution is 2.05. The van der Waals surface area contributed by atoms with E-state index in [9.17, 15) is 4.79 Å². The van der Waals surface area contributed by atoms with Crippen LogP contribution in [0.1, 0.15) is 18.1 Å². The Morgan fingerprint density at radius 3 is 2.31 bits per heavy atom. The van der Waals surface area contributed by atoms with Crippen molar-refractivity contribution in [3.05, 3.63) is 35.4 Å². The van der Waals surface area contributed by atoms with E-state index >= 15 is 0 Å². The first-order valence-electron chi connectivity index (χ1n) is 5.04. The maximum Gasteiger partial charge on any atom is 0.242 e. The smallest absolute Gasteiger partial charge is 0.242 e. The predicted octanol–water partition coefficient (Wildman–Crippen LogP) is 0.656. The SMILES string of the molecule is CCc1ccc(CC(=O)NNC(N)=S)cc1. The van der Waals surface area contributed by atoms with Gasteiger partial charge in [-0.1, -0.05) is 31.2 Å². The van der Waals surface area contributed by atoms with Gasteiger partial charge >= 0.3 is 0 Å². The molecule has 86 valence electrons. The van der Waals surface area contributed by atoms with E-state index < -0.39 is 0 Å². The number of hydrogen-bond acceptors (Lipinski definition) is 2. The molecule has 1 aromatic rings. The number of carbonyl (C=O) groups is 1. The topological polar surface area (TPSA) is 67.2 Å². The van der Waals surface area contributed by atoms with Crippen LogP contribution in [0.5, 0.6) is 0 Å². The first-order valence-corrected chi connectivity index (χ1v) is 5.44. The van der Waals surface area contributed by atoms with Crippen molar-refractivity contribution in [1.29, 1.82) is 0 Å². The highest BCUT2D eigenvalue weighted by atomic mass is 32.1. The van der Waals surface area contributed by atoms with Crippen molar-refractivity contribution < 1.29 is 4.79 Å². The Bertz CT molecular complexity index is 375. The van der Waals surface area contributed by atoms with Crippen molar-refractivity contribution in [2.24, 2.45) is 5.73 Å². The number of nitrogens with two attached hydrogens (primary N) is 1. The molecule has 0 aliphatic carbocycles. The molecule has 0 spiro atoms. The summed E-state index contributed by atoms with van der Waals surface area (Å²) in [7, 11) is 0. The summed E-state index contributed by atoms with van der Waals surface area (Å²) >= 11 is 4.56. The number of carbonyl (C=O) groups excluding carboxylic acids is 1. The number of aryl methyl sites for hydroxylation is 1. The second kappa shape index (κ2) is 6.07. The molecular weight excluding hydrogens is 222 g/mol. The average Bonchev–Trinajstić information content (AvgIpc) is 2.27. The maximum atomic E-state index is 11.4. The van der Waals surface area contributed by atoms with E-state index in [1.807, 2.05) is 24.3 Å². The minimum atomic E-state index is -0.169. The van der Waals surface area contributed by atoms with Gasteiger partial charge < -0.3 is 5.73 Å². The number of hydrazine groups is 1. The lowest BCUT2D eigenvalue weighted by Gasteiger charge is -2.06. The van der Waals surface area contributed by atoms with Gasteiger partial charge in [0.15, 0.2) is 5.11 Å². The molecule has 0 saturated heterocycles. The van der Waals surface area contributed by atoms with Gasteiger partial charge in [-0.25, -0.2) is 0 Å². The summed E-state index contributed by atoms with van der Waals surface area (Å²) in [5.74, 6) is -0.169. The molecule has 4 nitrogen and oxygen atoms in total. The van der Waals surface area contributed by atoms with E-state index in [0.717, 1.165) is 12.0 Å². The summed E-state index contributed by atoms with van der Waals surface area (Å²) in [6, 6.07) is 7.92. The third-order valence-corrected chi connectivity index (χ3v) is 2.22. The third-order valence-electron chi connectivity index (χ3n) is 2.12. The molecule has 0 saturated carbocycles. The van der Waals surface area contributed by atoms with E-state index in [1.165, 1.54) is 5.56 Å². The number of hydrogen-bond donors (Lipinski definition) is 3. The third kappa shape index (κ3) is 4.27. The zero-order chi connectivity index (χ0) is 12.0. The normalized spacial score (nSPS) is 9.56. The van der Waals surface area contributed by atoms with Crippen LogP contribution >= 0.6 is 12.2 Å². The average molecular weight is 237 g/mol. The first-order chi connectivity index (χ1) is 7.61. The lowest BCUT2D eigenvalue weighted by atomic mass is 10.1. The zero-order valence-electron chi connectivity index (χ0n) is 9.12. The van der Waals surface area contributed by atoms with Crippen molar-refractivity contribution in [1.82, 2.24) is 10.9 Å². The molecule has 5 heteroatoms. The minimum absolute atomic E-state index is 0.0506. The second-order valence-electron chi connectivity index (χ2n) is 3.38. The van der Waals surface area contributed by atoms with Crippen LogP contribution in [0.2, 0.25) is 0 Å². The van der Waals surface area contributed by atoms with Crippen molar-refractivity contribution >= 4 is 23.2 Å². The standard InChI is InChI=1S/C11H15N3OS/c1-2-8-3-5-9(6-4-8)7-10(15)13-14-11(12)16/h3-6H,2,7H2,1H3,(H,13,15)(H3,12,14,16). The van der Waals surface area contributed by atoms with Gasteiger partial charge in [-0.2, -0.15) is 0 Å². The summed E-state index contributed by atoms with van der Waals surface area (Å²) in [6.07, 6.45) is 1.30. The van der Waals surface area contributed by atoms with Crippen LogP contribution in [0.25, 0.3) is 0 Å². The lowest BCUT2D eigenvalue weighted by molar-refractivity contribution is -0.121. The van der Waals surface area contributed by atoms with E-state index in [2.05, 4.69) is 30.0 Å². The Kier molecular flexibility index (Phi) is 4.72. The van der Waals surface area contributed by atoms with Crippen LogP contribution in [0.3, 0.4) is 0 Å². The molecule has 0 radical (unpaired) electrons. The van der Waals surface area contributed by atoms with Crippen LogP contribution in [0, 0.1) is 0 Å². The highest BCUT2D eigenvalue weighted by Gasteiger charge is 2.02. The molecule has 1 amide bonds. The fourth-order valence-electron chi connectivity index (χ4n) is 1.25. The van der Waals surface area contributed by atoms with Gasteiger partial charge in [-0.05, 0) is 29.8 Å². The molecule has 1 aromatic carbocycles. The molecule has 0 aliphatic heterocycles. The quantitative estimate of drug-likeness (QED) is 0.533. The Morgan fingerprint density at radius 2 is 1.81 bits per heavy atom. The minimum Gasteiger partial charge on any atom is -0.375 e.